The molecule has 0 aromatic carbocycles. The highest BCUT2D eigenvalue weighted by atomic mass is 15.2. The third-order valence-electron chi connectivity index (χ3n) is 4.22. The molecule has 1 N–H and O–H groups in total. The van der Waals surface area contributed by atoms with Crippen molar-refractivity contribution in [3.05, 3.63) is 23.9 Å². The van der Waals surface area contributed by atoms with E-state index in [-0.39, 0.29) is 0 Å². The minimum absolute atomic E-state index is 0.762. The highest BCUT2D eigenvalue weighted by Crippen LogP contribution is 2.26. The first-order valence-electron chi connectivity index (χ1n) is 7.61. The van der Waals surface area contributed by atoms with Gasteiger partial charge in [0.2, 0.25) is 0 Å². The lowest BCUT2D eigenvalue weighted by Gasteiger charge is -2.36. The van der Waals surface area contributed by atoms with Crippen LogP contribution >= 0.6 is 0 Å². The number of hydrogen-bond acceptors (Lipinski definition) is 3. The van der Waals surface area contributed by atoms with Gasteiger partial charge >= 0.3 is 0 Å². The van der Waals surface area contributed by atoms with Gasteiger partial charge in [-0.05, 0) is 48.9 Å². The number of anilines is 1. The van der Waals surface area contributed by atoms with Gasteiger partial charge in [0.05, 0.1) is 0 Å². The molecule has 1 aliphatic rings. The summed E-state index contributed by atoms with van der Waals surface area (Å²) < 4.78 is 0. The third-order valence-corrected chi connectivity index (χ3v) is 4.22. The molecule has 2 rings (SSSR count). The summed E-state index contributed by atoms with van der Waals surface area (Å²) in [5, 5.41) is 3.45. The summed E-state index contributed by atoms with van der Waals surface area (Å²) in [6, 6.07) is 4.35. The van der Waals surface area contributed by atoms with Crippen molar-refractivity contribution >= 4 is 5.82 Å². The molecule has 19 heavy (non-hydrogen) atoms. The summed E-state index contributed by atoms with van der Waals surface area (Å²) in [7, 11) is 0. The van der Waals surface area contributed by atoms with Crippen molar-refractivity contribution in [2.75, 3.05) is 24.5 Å². The zero-order chi connectivity index (χ0) is 13.7. The van der Waals surface area contributed by atoms with Gasteiger partial charge in [-0.1, -0.05) is 20.8 Å². The third kappa shape index (κ3) is 3.93. The molecule has 0 saturated carbocycles. The molecule has 106 valence electrons. The Balaban J connectivity index is 1.98. The summed E-state index contributed by atoms with van der Waals surface area (Å²) in [6.07, 6.45) is 4.40. The van der Waals surface area contributed by atoms with E-state index in [9.17, 15) is 0 Å². The topological polar surface area (TPSA) is 28.2 Å². The van der Waals surface area contributed by atoms with Crippen LogP contribution in [0.15, 0.2) is 18.3 Å². The molecule has 0 aliphatic carbocycles. The van der Waals surface area contributed by atoms with Crippen molar-refractivity contribution in [3.63, 3.8) is 0 Å². The van der Waals surface area contributed by atoms with Crippen LogP contribution in [0.25, 0.3) is 0 Å². The Labute approximate surface area is 117 Å². The number of pyridine rings is 1. The van der Waals surface area contributed by atoms with E-state index in [4.69, 9.17) is 0 Å². The van der Waals surface area contributed by atoms with Gasteiger partial charge in [-0.25, -0.2) is 4.98 Å². The quantitative estimate of drug-likeness (QED) is 0.826. The second-order valence-corrected chi connectivity index (χ2v) is 5.89. The number of rotatable bonds is 5. The Kier molecular flexibility index (Phi) is 5.20. The molecule has 1 aromatic rings. The normalized spacial score (nSPS) is 23.6. The van der Waals surface area contributed by atoms with Gasteiger partial charge in [-0.15, -0.1) is 0 Å². The van der Waals surface area contributed by atoms with Gasteiger partial charge in [0.1, 0.15) is 5.82 Å². The van der Waals surface area contributed by atoms with Crippen LogP contribution in [-0.4, -0.2) is 24.6 Å². The van der Waals surface area contributed by atoms with Crippen LogP contribution in [0.5, 0.6) is 0 Å². The van der Waals surface area contributed by atoms with Crippen LogP contribution in [0.4, 0.5) is 5.82 Å². The number of piperidine rings is 1. The van der Waals surface area contributed by atoms with Gasteiger partial charge in [0, 0.05) is 25.8 Å². The molecule has 1 saturated heterocycles. The van der Waals surface area contributed by atoms with Crippen LogP contribution in [0.3, 0.4) is 0 Å². The second-order valence-electron chi connectivity index (χ2n) is 5.89. The smallest absolute Gasteiger partial charge is 0.128 e. The molecule has 1 fully saturated rings. The van der Waals surface area contributed by atoms with Gasteiger partial charge in [-0.3, -0.25) is 0 Å². The zero-order valence-electron chi connectivity index (χ0n) is 12.5. The number of nitrogens with zero attached hydrogens (tertiary/aromatic N) is 2. The molecule has 1 aliphatic heterocycles. The first-order valence-corrected chi connectivity index (χ1v) is 7.61. The Morgan fingerprint density at radius 2 is 2.21 bits per heavy atom. The average molecular weight is 261 g/mol. The minimum Gasteiger partial charge on any atom is -0.356 e. The molecule has 2 unspecified atom stereocenters. The summed E-state index contributed by atoms with van der Waals surface area (Å²) in [5.41, 5.74) is 1.34. The Morgan fingerprint density at radius 1 is 1.37 bits per heavy atom. The van der Waals surface area contributed by atoms with Crippen LogP contribution < -0.4 is 10.2 Å². The van der Waals surface area contributed by atoms with E-state index >= 15 is 0 Å². The maximum absolute atomic E-state index is 4.55. The lowest BCUT2D eigenvalue weighted by atomic mass is 9.89. The fourth-order valence-corrected chi connectivity index (χ4v) is 2.62. The fraction of sp³-hybridized carbons (Fsp3) is 0.688. The molecule has 0 radical (unpaired) electrons. The van der Waals surface area contributed by atoms with Gasteiger partial charge in [0.25, 0.3) is 0 Å². The van der Waals surface area contributed by atoms with E-state index in [0.29, 0.717) is 0 Å². The Bertz CT molecular complexity index is 391. The van der Waals surface area contributed by atoms with E-state index in [2.05, 4.69) is 48.1 Å². The Morgan fingerprint density at radius 3 is 2.95 bits per heavy atom. The molecule has 2 heterocycles. The molecule has 3 nitrogen and oxygen atoms in total. The summed E-state index contributed by atoms with van der Waals surface area (Å²) in [5.74, 6) is 2.75. The van der Waals surface area contributed by atoms with Crippen molar-refractivity contribution in [2.24, 2.45) is 11.8 Å². The number of nitrogens with one attached hydrogen (secondary N) is 1. The van der Waals surface area contributed by atoms with Gasteiger partial charge in [0.15, 0.2) is 0 Å². The molecule has 0 bridgehead atoms. The van der Waals surface area contributed by atoms with Gasteiger partial charge < -0.3 is 10.2 Å². The average Bonchev–Trinajstić information content (AvgIpc) is 2.43. The number of aromatic nitrogens is 1. The maximum atomic E-state index is 4.55. The number of hydrogen-bond donors (Lipinski definition) is 1. The van der Waals surface area contributed by atoms with Crippen molar-refractivity contribution < 1.29 is 0 Å². The summed E-state index contributed by atoms with van der Waals surface area (Å²) >= 11 is 0. The Hall–Kier alpha value is -1.09. The highest BCUT2D eigenvalue weighted by Gasteiger charge is 2.23. The lowest BCUT2D eigenvalue weighted by Crippen LogP contribution is -2.38. The molecule has 1 aromatic heterocycles. The van der Waals surface area contributed by atoms with Gasteiger partial charge in [-0.2, -0.15) is 0 Å². The van der Waals surface area contributed by atoms with Crippen molar-refractivity contribution in [1.82, 2.24) is 10.3 Å². The predicted molar refractivity (Wildman–Crippen MR) is 81.4 cm³/mol. The lowest BCUT2D eigenvalue weighted by molar-refractivity contribution is 0.323. The predicted octanol–water partition coefficient (Wildman–Crippen LogP) is 3.06. The van der Waals surface area contributed by atoms with E-state index in [1.165, 1.54) is 18.4 Å². The van der Waals surface area contributed by atoms with E-state index < -0.39 is 0 Å². The van der Waals surface area contributed by atoms with Crippen molar-refractivity contribution in [1.29, 1.82) is 0 Å². The van der Waals surface area contributed by atoms with Crippen LogP contribution in [0.1, 0.15) is 39.2 Å². The first-order chi connectivity index (χ1) is 9.20. The second kappa shape index (κ2) is 6.90. The van der Waals surface area contributed by atoms with E-state index in [1.807, 2.05) is 6.20 Å². The fourth-order valence-electron chi connectivity index (χ4n) is 2.62. The molecule has 2 atom stereocenters. The van der Waals surface area contributed by atoms with E-state index in [0.717, 1.165) is 43.8 Å². The van der Waals surface area contributed by atoms with E-state index in [1.54, 1.807) is 0 Å². The van der Waals surface area contributed by atoms with Crippen LogP contribution in [0, 0.1) is 11.8 Å². The minimum atomic E-state index is 0.762. The zero-order valence-corrected chi connectivity index (χ0v) is 12.5. The molecule has 0 amide bonds. The molecular weight excluding hydrogens is 234 g/mol. The molecule has 0 spiro atoms. The first kappa shape index (κ1) is 14.3. The van der Waals surface area contributed by atoms with Crippen molar-refractivity contribution in [3.8, 4) is 0 Å². The highest BCUT2D eigenvalue weighted by molar-refractivity contribution is 5.41. The van der Waals surface area contributed by atoms with Crippen LogP contribution in [0.2, 0.25) is 0 Å². The molecular formula is C16H27N3. The SMILES string of the molecule is CCCNCc1ccnc(N2CCC(C)C(C)C2)c1. The summed E-state index contributed by atoms with van der Waals surface area (Å²) in [6.45, 7) is 11.2. The monoisotopic (exact) mass is 261 g/mol. The standard InChI is InChI=1S/C16H27N3/c1-4-7-17-11-15-5-8-18-16(10-15)19-9-6-13(2)14(3)12-19/h5,8,10,13-14,17H,4,6-7,9,11-12H2,1-3H3. The molecule has 3 heteroatoms. The van der Waals surface area contributed by atoms with Crippen molar-refractivity contribution in [2.45, 2.75) is 40.2 Å². The summed E-state index contributed by atoms with van der Waals surface area (Å²) in [4.78, 5) is 6.99. The van der Waals surface area contributed by atoms with Crippen LogP contribution in [-0.2, 0) is 6.54 Å². The largest absolute Gasteiger partial charge is 0.356 e. The maximum Gasteiger partial charge on any atom is 0.128 e.